The monoisotopic (exact) mass is 1000 g/mol. The van der Waals surface area contributed by atoms with Crippen LogP contribution in [0.1, 0.15) is 297 Å². The number of unbranched alkanes of at least 4 members (excludes halogenated alkanes) is 30. The van der Waals surface area contributed by atoms with Crippen molar-refractivity contribution in [2.24, 2.45) is 0 Å². The van der Waals surface area contributed by atoms with Crippen LogP contribution in [0.5, 0.6) is 0 Å². The molecule has 414 valence electrons. The van der Waals surface area contributed by atoms with Crippen molar-refractivity contribution in [2.45, 2.75) is 303 Å². The fraction of sp³-hybridized carbons (Fsp3) is 0.742. The van der Waals surface area contributed by atoms with Crippen molar-refractivity contribution in [3.8, 4) is 0 Å². The Kier molecular flexibility index (Phi) is 57.3. The highest BCUT2D eigenvalue weighted by atomic mass is 16.6. The summed E-state index contributed by atoms with van der Waals surface area (Å²) < 4.78 is 16.9. The van der Waals surface area contributed by atoms with Gasteiger partial charge in [-0.1, -0.05) is 273 Å². The second kappa shape index (κ2) is 60.1. The highest BCUT2D eigenvalue weighted by molar-refractivity contribution is 5.71. The summed E-state index contributed by atoms with van der Waals surface area (Å²) in [6.45, 7) is 6.44. The molecule has 1 unspecified atom stereocenters. The van der Waals surface area contributed by atoms with E-state index in [1.54, 1.807) is 0 Å². The Morgan fingerprint density at radius 1 is 0.292 bits per heavy atom. The molecule has 0 aliphatic carbocycles. The van der Waals surface area contributed by atoms with Gasteiger partial charge in [-0.05, 0) is 89.9 Å². The zero-order valence-electron chi connectivity index (χ0n) is 47.4. The van der Waals surface area contributed by atoms with Crippen molar-refractivity contribution in [1.29, 1.82) is 0 Å². The quantitative estimate of drug-likeness (QED) is 0.0261. The number of hydrogen-bond donors (Lipinski definition) is 0. The summed E-state index contributed by atoms with van der Waals surface area (Å²) in [4.78, 5) is 38.3. The van der Waals surface area contributed by atoms with Crippen molar-refractivity contribution in [2.75, 3.05) is 13.2 Å². The molecule has 0 N–H and O–H groups in total. The summed E-state index contributed by atoms with van der Waals surface area (Å²) in [7, 11) is 0. The maximum Gasteiger partial charge on any atom is 0.306 e. The summed E-state index contributed by atoms with van der Waals surface area (Å²) in [5.74, 6) is -0.887. The van der Waals surface area contributed by atoms with E-state index in [9.17, 15) is 14.4 Å². The third kappa shape index (κ3) is 57.5. The molecule has 0 aromatic heterocycles. The number of esters is 3. The molecule has 0 saturated heterocycles. The molecule has 0 bridgehead atoms. The Hall–Kier alpha value is -3.41. The molecule has 0 aliphatic rings. The number of carbonyl (C=O) groups is 3. The molecule has 0 aromatic carbocycles. The minimum Gasteiger partial charge on any atom is -0.462 e. The molecule has 0 rings (SSSR count). The Labute approximate surface area is 445 Å². The summed E-state index contributed by atoms with van der Waals surface area (Å²) >= 11 is 0. The molecule has 0 aromatic rings. The molecule has 0 aliphatic heterocycles. The standard InChI is InChI=1S/C66H114O6/c1-4-7-10-13-16-19-22-25-28-31-32-33-34-36-38-41-44-47-50-53-56-59-65(68)71-62-63(61-70-64(67)58-55-52-49-46-43-40-37-30-27-24-21-18-15-12-9-6-3)72-66(69)60-57-54-51-48-45-42-39-35-29-26-23-20-17-14-11-8-5-2/h7-8,10-11,16-17,19-20,25-26,28-29,32-33,63H,4-6,9,12-15,18,21-24,27,30-31,34-62H2,1-3H3/b10-7-,11-8-,19-16-,20-17-,28-25-,29-26-,33-32-. The fourth-order valence-corrected chi connectivity index (χ4v) is 8.63. The van der Waals surface area contributed by atoms with Gasteiger partial charge in [0.15, 0.2) is 6.10 Å². The lowest BCUT2D eigenvalue weighted by atomic mass is 10.0. The van der Waals surface area contributed by atoms with Gasteiger partial charge in [0.1, 0.15) is 13.2 Å². The molecule has 0 amide bonds. The summed E-state index contributed by atoms with van der Waals surface area (Å²) in [6, 6.07) is 0. The van der Waals surface area contributed by atoms with Crippen LogP contribution in [0.4, 0.5) is 0 Å². The van der Waals surface area contributed by atoms with Crippen LogP contribution in [0.15, 0.2) is 85.1 Å². The van der Waals surface area contributed by atoms with Crippen molar-refractivity contribution in [1.82, 2.24) is 0 Å². The van der Waals surface area contributed by atoms with E-state index in [4.69, 9.17) is 14.2 Å². The van der Waals surface area contributed by atoms with Gasteiger partial charge >= 0.3 is 17.9 Å². The van der Waals surface area contributed by atoms with Crippen molar-refractivity contribution >= 4 is 17.9 Å². The zero-order chi connectivity index (χ0) is 52.2. The van der Waals surface area contributed by atoms with Crippen LogP contribution in [-0.4, -0.2) is 37.2 Å². The maximum atomic E-state index is 12.9. The average Bonchev–Trinajstić information content (AvgIpc) is 3.38. The van der Waals surface area contributed by atoms with Crippen LogP contribution in [-0.2, 0) is 28.6 Å². The zero-order valence-corrected chi connectivity index (χ0v) is 47.4. The van der Waals surface area contributed by atoms with E-state index in [0.29, 0.717) is 19.3 Å². The van der Waals surface area contributed by atoms with Crippen LogP contribution in [0, 0.1) is 0 Å². The number of hydrogen-bond acceptors (Lipinski definition) is 6. The van der Waals surface area contributed by atoms with Crippen LogP contribution in [0.3, 0.4) is 0 Å². The number of allylic oxidation sites excluding steroid dienone is 14. The van der Waals surface area contributed by atoms with E-state index in [0.717, 1.165) is 116 Å². The van der Waals surface area contributed by atoms with E-state index in [1.807, 2.05) is 0 Å². The Balaban J connectivity index is 4.38. The molecule has 72 heavy (non-hydrogen) atoms. The first kappa shape index (κ1) is 68.6. The topological polar surface area (TPSA) is 78.9 Å². The second-order valence-corrected chi connectivity index (χ2v) is 20.2. The minimum absolute atomic E-state index is 0.0807. The molecule has 0 heterocycles. The first-order valence-electron chi connectivity index (χ1n) is 30.6. The van der Waals surface area contributed by atoms with Gasteiger partial charge in [-0.3, -0.25) is 14.4 Å². The van der Waals surface area contributed by atoms with Crippen LogP contribution < -0.4 is 0 Å². The van der Waals surface area contributed by atoms with Gasteiger partial charge in [-0.25, -0.2) is 0 Å². The third-order valence-electron chi connectivity index (χ3n) is 13.1. The number of ether oxygens (including phenoxy) is 3. The van der Waals surface area contributed by atoms with E-state index in [-0.39, 0.29) is 31.1 Å². The fourth-order valence-electron chi connectivity index (χ4n) is 8.63. The normalized spacial score (nSPS) is 12.7. The van der Waals surface area contributed by atoms with Crippen molar-refractivity contribution in [3.05, 3.63) is 85.1 Å². The number of carbonyl (C=O) groups excluding carboxylic acids is 3. The Morgan fingerprint density at radius 2 is 0.542 bits per heavy atom. The molecular weight excluding hydrogens is 889 g/mol. The highest BCUT2D eigenvalue weighted by Crippen LogP contribution is 2.16. The molecule has 0 spiro atoms. The van der Waals surface area contributed by atoms with Crippen molar-refractivity contribution in [3.63, 3.8) is 0 Å². The SMILES string of the molecule is CC/C=C\C/C=C\C/C=C\C/C=C\CCCCCCCCCCC(=O)OCC(COC(=O)CCCCCCCCCCCCCCCCCC)OC(=O)CCCCCCCCC/C=C\C/C=C\C/C=C\CC. The lowest BCUT2D eigenvalue weighted by Crippen LogP contribution is -2.30. The van der Waals surface area contributed by atoms with Gasteiger partial charge in [0.25, 0.3) is 0 Å². The van der Waals surface area contributed by atoms with Crippen LogP contribution in [0.2, 0.25) is 0 Å². The predicted molar refractivity (Wildman–Crippen MR) is 311 cm³/mol. The van der Waals surface area contributed by atoms with E-state index in [2.05, 4.69) is 106 Å². The third-order valence-corrected chi connectivity index (χ3v) is 13.1. The molecule has 6 heteroatoms. The summed E-state index contributed by atoms with van der Waals surface area (Å²) in [5.41, 5.74) is 0. The molecule has 0 radical (unpaired) electrons. The molecule has 0 saturated carbocycles. The van der Waals surface area contributed by atoms with Gasteiger partial charge in [-0.2, -0.15) is 0 Å². The van der Waals surface area contributed by atoms with Gasteiger partial charge < -0.3 is 14.2 Å². The van der Waals surface area contributed by atoms with Crippen molar-refractivity contribution < 1.29 is 28.6 Å². The molecule has 0 fully saturated rings. The molecular formula is C66H114O6. The second-order valence-electron chi connectivity index (χ2n) is 20.2. The van der Waals surface area contributed by atoms with E-state index in [1.165, 1.54) is 141 Å². The highest BCUT2D eigenvalue weighted by Gasteiger charge is 2.19. The Morgan fingerprint density at radius 3 is 0.847 bits per heavy atom. The minimum atomic E-state index is -0.785. The maximum absolute atomic E-state index is 12.9. The lowest BCUT2D eigenvalue weighted by Gasteiger charge is -2.18. The van der Waals surface area contributed by atoms with E-state index < -0.39 is 6.10 Å². The Bertz CT molecular complexity index is 1380. The molecule has 1 atom stereocenters. The first-order valence-corrected chi connectivity index (χ1v) is 30.6. The first-order chi connectivity index (χ1) is 35.5. The van der Waals surface area contributed by atoms with Gasteiger partial charge in [-0.15, -0.1) is 0 Å². The smallest absolute Gasteiger partial charge is 0.306 e. The lowest BCUT2D eigenvalue weighted by molar-refractivity contribution is -0.167. The summed E-state index contributed by atoms with van der Waals surface area (Å²) in [5, 5.41) is 0. The predicted octanol–water partition coefficient (Wildman–Crippen LogP) is 20.7. The summed E-state index contributed by atoms with van der Waals surface area (Å²) in [6.07, 6.45) is 78.6. The van der Waals surface area contributed by atoms with Gasteiger partial charge in [0.2, 0.25) is 0 Å². The van der Waals surface area contributed by atoms with E-state index >= 15 is 0 Å². The average molecular weight is 1000 g/mol. The molecule has 6 nitrogen and oxygen atoms in total. The van der Waals surface area contributed by atoms with Gasteiger partial charge in [0.05, 0.1) is 0 Å². The van der Waals surface area contributed by atoms with Crippen LogP contribution >= 0.6 is 0 Å². The van der Waals surface area contributed by atoms with Crippen LogP contribution in [0.25, 0.3) is 0 Å². The van der Waals surface area contributed by atoms with Gasteiger partial charge in [0, 0.05) is 19.3 Å². The number of rotatable bonds is 55. The largest absolute Gasteiger partial charge is 0.462 e.